The molecule has 4 nitrogen and oxygen atoms in total. The number of rotatable bonds is 4. The molecule has 1 aromatic carbocycles. The molecule has 1 saturated carbocycles. The number of amides is 2. The minimum absolute atomic E-state index is 0.0641. The van der Waals surface area contributed by atoms with Crippen LogP contribution in [0.3, 0.4) is 0 Å². The third-order valence-corrected chi connectivity index (χ3v) is 6.17. The molecule has 0 radical (unpaired) electrons. The van der Waals surface area contributed by atoms with Gasteiger partial charge < -0.3 is 9.80 Å². The molecule has 1 aliphatic heterocycles. The molecule has 1 saturated heterocycles. The summed E-state index contributed by atoms with van der Waals surface area (Å²) in [5.74, 6) is 1.83. The molecule has 2 fully saturated rings. The second-order valence-electron chi connectivity index (χ2n) is 6.67. The molecule has 24 heavy (non-hydrogen) atoms. The highest BCUT2D eigenvalue weighted by Gasteiger charge is 2.37. The summed E-state index contributed by atoms with van der Waals surface area (Å²) in [5.41, 5.74) is 0.582. The highest BCUT2D eigenvalue weighted by Crippen LogP contribution is 2.28. The topological polar surface area (TPSA) is 40.6 Å². The fraction of sp³-hybridized carbons (Fsp3) is 0.556. The van der Waals surface area contributed by atoms with Gasteiger partial charge in [-0.3, -0.25) is 9.59 Å². The third kappa shape index (κ3) is 3.89. The zero-order valence-corrected chi connectivity index (χ0v) is 15.5. The lowest BCUT2D eigenvalue weighted by atomic mass is 10.1. The standard InChI is InChI=1S/C18H23ClN2O2S/c1-20(10-13-4-2-3-5-13)18(23)16-11-24-12-21(16)17(22)14-6-8-15(19)9-7-14/h6-9,13,16H,2-5,10-12H2,1H3. The quantitative estimate of drug-likeness (QED) is 0.818. The first-order valence-corrected chi connectivity index (χ1v) is 9.99. The summed E-state index contributed by atoms with van der Waals surface area (Å²) in [6.07, 6.45) is 4.97. The van der Waals surface area contributed by atoms with Gasteiger partial charge in [0.05, 0.1) is 5.88 Å². The van der Waals surface area contributed by atoms with E-state index in [1.165, 1.54) is 25.7 Å². The summed E-state index contributed by atoms with van der Waals surface area (Å²) < 4.78 is 0. The van der Waals surface area contributed by atoms with E-state index >= 15 is 0 Å². The second-order valence-corrected chi connectivity index (χ2v) is 8.10. The van der Waals surface area contributed by atoms with Crippen LogP contribution in [0.5, 0.6) is 0 Å². The molecule has 3 rings (SSSR count). The number of halogens is 1. The Hall–Kier alpha value is -1.20. The highest BCUT2D eigenvalue weighted by atomic mass is 35.5. The molecule has 1 aliphatic carbocycles. The van der Waals surface area contributed by atoms with Gasteiger partial charge >= 0.3 is 0 Å². The van der Waals surface area contributed by atoms with Gasteiger partial charge in [-0.2, -0.15) is 0 Å². The van der Waals surface area contributed by atoms with Crippen LogP contribution in [0.2, 0.25) is 5.02 Å². The smallest absolute Gasteiger partial charge is 0.255 e. The molecule has 1 aromatic rings. The van der Waals surface area contributed by atoms with Crippen LogP contribution >= 0.6 is 23.4 Å². The molecule has 130 valence electrons. The number of carbonyl (C=O) groups is 2. The van der Waals surface area contributed by atoms with E-state index in [1.807, 2.05) is 11.9 Å². The maximum atomic E-state index is 12.8. The number of carbonyl (C=O) groups excluding carboxylic acids is 2. The Kier molecular flexibility index (Phi) is 5.72. The molecular formula is C18H23ClN2O2S. The van der Waals surface area contributed by atoms with E-state index in [4.69, 9.17) is 11.6 Å². The van der Waals surface area contributed by atoms with Crippen LogP contribution in [0.4, 0.5) is 0 Å². The summed E-state index contributed by atoms with van der Waals surface area (Å²) in [5, 5.41) is 0.603. The normalized spacial score (nSPS) is 21.2. The molecular weight excluding hydrogens is 344 g/mol. The van der Waals surface area contributed by atoms with Crippen molar-refractivity contribution in [2.24, 2.45) is 5.92 Å². The molecule has 1 atom stereocenters. The predicted octanol–water partition coefficient (Wildman–Crippen LogP) is 3.50. The van der Waals surface area contributed by atoms with Crippen LogP contribution < -0.4 is 0 Å². The Morgan fingerprint density at radius 1 is 1.25 bits per heavy atom. The van der Waals surface area contributed by atoms with Crippen molar-refractivity contribution in [1.29, 1.82) is 0 Å². The van der Waals surface area contributed by atoms with Gasteiger partial charge in [0.1, 0.15) is 6.04 Å². The maximum Gasteiger partial charge on any atom is 0.255 e. The summed E-state index contributed by atoms with van der Waals surface area (Å²) in [6.45, 7) is 0.809. The van der Waals surface area contributed by atoms with Crippen molar-refractivity contribution < 1.29 is 9.59 Å². The van der Waals surface area contributed by atoms with E-state index in [0.717, 1.165) is 6.54 Å². The molecule has 0 bridgehead atoms. The Morgan fingerprint density at radius 2 is 1.92 bits per heavy atom. The molecule has 0 N–H and O–H groups in total. The largest absolute Gasteiger partial charge is 0.344 e. The van der Waals surface area contributed by atoms with Crippen LogP contribution in [0.15, 0.2) is 24.3 Å². The van der Waals surface area contributed by atoms with Gasteiger partial charge in [-0.05, 0) is 43.0 Å². The number of benzene rings is 1. The molecule has 0 aromatic heterocycles. The minimum Gasteiger partial charge on any atom is -0.344 e. The lowest BCUT2D eigenvalue weighted by Gasteiger charge is -2.29. The molecule has 0 spiro atoms. The number of thioether (sulfide) groups is 1. The van der Waals surface area contributed by atoms with Crippen molar-refractivity contribution in [2.45, 2.75) is 31.7 Å². The van der Waals surface area contributed by atoms with Crippen LogP contribution in [0, 0.1) is 5.92 Å². The summed E-state index contributed by atoms with van der Waals surface area (Å²) in [7, 11) is 1.87. The summed E-state index contributed by atoms with van der Waals surface area (Å²) >= 11 is 7.52. The minimum atomic E-state index is -0.357. The summed E-state index contributed by atoms with van der Waals surface area (Å²) in [6, 6.07) is 6.50. The van der Waals surface area contributed by atoms with Gasteiger partial charge in [-0.15, -0.1) is 11.8 Å². The van der Waals surface area contributed by atoms with Crippen molar-refractivity contribution in [3.05, 3.63) is 34.9 Å². The molecule has 2 aliphatic rings. The van der Waals surface area contributed by atoms with Gasteiger partial charge in [0.15, 0.2) is 0 Å². The number of hydrogen-bond acceptors (Lipinski definition) is 3. The van der Waals surface area contributed by atoms with Gasteiger partial charge in [0, 0.05) is 29.9 Å². The van der Waals surface area contributed by atoms with E-state index in [1.54, 1.807) is 40.9 Å². The zero-order chi connectivity index (χ0) is 17.1. The Bertz CT molecular complexity index is 602. The molecule has 1 unspecified atom stereocenters. The van der Waals surface area contributed by atoms with Gasteiger partial charge in [-0.25, -0.2) is 0 Å². The Balaban J connectivity index is 1.66. The fourth-order valence-electron chi connectivity index (χ4n) is 3.53. The van der Waals surface area contributed by atoms with Crippen molar-refractivity contribution in [2.75, 3.05) is 25.2 Å². The lowest BCUT2D eigenvalue weighted by Crippen LogP contribution is -2.48. The van der Waals surface area contributed by atoms with Crippen LogP contribution in [0.25, 0.3) is 0 Å². The zero-order valence-electron chi connectivity index (χ0n) is 13.9. The average molecular weight is 367 g/mol. The molecule has 2 amide bonds. The van der Waals surface area contributed by atoms with Crippen molar-refractivity contribution in [1.82, 2.24) is 9.80 Å². The van der Waals surface area contributed by atoms with E-state index in [9.17, 15) is 9.59 Å². The first kappa shape index (κ1) is 17.6. The lowest BCUT2D eigenvalue weighted by molar-refractivity contribution is -0.134. The molecule has 6 heteroatoms. The predicted molar refractivity (Wildman–Crippen MR) is 98.3 cm³/mol. The second kappa shape index (κ2) is 7.79. The Morgan fingerprint density at radius 3 is 2.58 bits per heavy atom. The van der Waals surface area contributed by atoms with E-state index in [2.05, 4.69) is 0 Å². The van der Waals surface area contributed by atoms with E-state index in [-0.39, 0.29) is 17.9 Å². The summed E-state index contributed by atoms with van der Waals surface area (Å²) in [4.78, 5) is 29.1. The van der Waals surface area contributed by atoms with Crippen LogP contribution in [-0.4, -0.2) is 52.9 Å². The van der Waals surface area contributed by atoms with Crippen molar-refractivity contribution in [3.63, 3.8) is 0 Å². The SMILES string of the molecule is CN(CC1CCCC1)C(=O)C1CSCN1C(=O)c1ccc(Cl)cc1. The monoisotopic (exact) mass is 366 g/mol. The Labute approximate surface area is 152 Å². The van der Waals surface area contributed by atoms with Crippen molar-refractivity contribution >= 4 is 35.2 Å². The van der Waals surface area contributed by atoms with Gasteiger partial charge in [0.2, 0.25) is 5.91 Å². The van der Waals surface area contributed by atoms with E-state index < -0.39 is 0 Å². The van der Waals surface area contributed by atoms with Crippen LogP contribution in [0.1, 0.15) is 36.0 Å². The first-order chi connectivity index (χ1) is 11.6. The number of likely N-dealkylation sites (N-methyl/N-ethyl adjacent to an activating group) is 1. The van der Waals surface area contributed by atoms with Gasteiger partial charge in [-0.1, -0.05) is 24.4 Å². The van der Waals surface area contributed by atoms with Crippen LogP contribution in [-0.2, 0) is 4.79 Å². The third-order valence-electron chi connectivity index (χ3n) is 4.90. The average Bonchev–Trinajstić information content (AvgIpc) is 3.25. The first-order valence-electron chi connectivity index (χ1n) is 8.45. The highest BCUT2D eigenvalue weighted by molar-refractivity contribution is 7.99. The molecule has 1 heterocycles. The van der Waals surface area contributed by atoms with E-state index in [0.29, 0.717) is 28.1 Å². The maximum absolute atomic E-state index is 12.8. The number of nitrogens with zero attached hydrogens (tertiary/aromatic N) is 2. The number of hydrogen-bond donors (Lipinski definition) is 0. The van der Waals surface area contributed by atoms with Gasteiger partial charge in [0.25, 0.3) is 5.91 Å². The van der Waals surface area contributed by atoms with Crippen molar-refractivity contribution in [3.8, 4) is 0 Å². The fourth-order valence-corrected chi connectivity index (χ4v) is 4.80.